The quantitative estimate of drug-likeness (QED) is 0.863. The molecule has 0 bridgehead atoms. The summed E-state index contributed by atoms with van der Waals surface area (Å²) >= 11 is 0. The van der Waals surface area contributed by atoms with Crippen LogP contribution in [0.2, 0.25) is 0 Å². The van der Waals surface area contributed by atoms with E-state index in [4.69, 9.17) is 14.6 Å². The van der Waals surface area contributed by atoms with Crippen molar-refractivity contribution in [2.24, 2.45) is 0 Å². The minimum atomic E-state index is -1.05. The van der Waals surface area contributed by atoms with Gasteiger partial charge in [-0.05, 0) is 24.0 Å². The molecule has 0 aliphatic carbocycles. The zero-order valence-electron chi connectivity index (χ0n) is 14.4. The van der Waals surface area contributed by atoms with E-state index in [1.807, 2.05) is 31.2 Å². The number of hydrogen-bond donors (Lipinski definition) is 1. The summed E-state index contributed by atoms with van der Waals surface area (Å²) in [5, 5.41) is 9.07. The first-order valence-electron chi connectivity index (χ1n) is 8.32. The molecule has 0 aromatic heterocycles. The summed E-state index contributed by atoms with van der Waals surface area (Å²) in [4.78, 5) is 25.3. The molecule has 0 saturated carbocycles. The molecule has 1 aliphatic rings. The summed E-state index contributed by atoms with van der Waals surface area (Å²) in [6, 6.07) is 7.69. The number of amides is 1. The molecule has 0 spiro atoms. The molecule has 1 aromatic rings. The predicted octanol–water partition coefficient (Wildman–Crippen LogP) is 2.28. The molecule has 1 aliphatic heterocycles. The van der Waals surface area contributed by atoms with Crippen LogP contribution in [0.15, 0.2) is 24.3 Å². The number of para-hydroxylation sites is 1. The third-order valence-corrected chi connectivity index (χ3v) is 4.11. The Labute approximate surface area is 142 Å². The van der Waals surface area contributed by atoms with Crippen LogP contribution in [-0.4, -0.2) is 53.8 Å². The molecule has 0 unspecified atom stereocenters. The number of carboxylic acids is 1. The van der Waals surface area contributed by atoms with Gasteiger partial charge < -0.3 is 19.5 Å². The SMILES string of the molecule is CC[C@@H](Oc1ccccc1C(C)C)C(=O)N1CCO[C@@H](C(=O)O)C1. The summed E-state index contributed by atoms with van der Waals surface area (Å²) in [6.45, 7) is 6.69. The largest absolute Gasteiger partial charge is 0.480 e. The Balaban J connectivity index is 2.11. The van der Waals surface area contributed by atoms with Crippen LogP contribution in [0.25, 0.3) is 0 Å². The number of carbonyl (C=O) groups is 2. The van der Waals surface area contributed by atoms with Gasteiger partial charge in [0, 0.05) is 6.54 Å². The number of rotatable bonds is 6. The summed E-state index contributed by atoms with van der Waals surface area (Å²) in [6.07, 6.45) is -1.08. The Morgan fingerprint density at radius 2 is 2.08 bits per heavy atom. The third kappa shape index (κ3) is 4.26. The van der Waals surface area contributed by atoms with E-state index in [2.05, 4.69) is 13.8 Å². The minimum Gasteiger partial charge on any atom is -0.480 e. The molecular weight excluding hydrogens is 310 g/mol. The highest BCUT2D eigenvalue weighted by molar-refractivity contribution is 5.82. The molecule has 1 heterocycles. The zero-order valence-corrected chi connectivity index (χ0v) is 14.4. The Kier molecular flexibility index (Phi) is 6.20. The van der Waals surface area contributed by atoms with Gasteiger partial charge >= 0.3 is 5.97 Å². The molecule has 24 heavy (non-hydrogen) atoms. The summed E-state index contributed by atoms with van der Waals surface area (Å²) in [5.74, 6) is -0.249. The van der Waals surface area contributed by atoms with E-state index in [-0.39, 0.29) is 25.0 Å². The van der Waals surface area contributed by atoms with Gasteiger partial charge in [0.1, 0.15) is 5.75 Å². The highest BCUT2D eigenvalue weighted by Crippen LogP contribution is 2.27. The second-order valence-electron chi connectivity index (χ2n) is 6.19. The fourth-order valence-corrected chi connectivity index (χ4v) is 2.73. The van der Waals surface area contributed by atoms with Crippen LogP contribution in [0.1, 0.15) is 38.7 Å². The van der Waals surface area contributed by atoms with Crippen LogP contribution in [0, 0.1) is 0 Å². The third-order valence-electron chi connectivity index (χ3n) is 4.11. The molecule has 2 rings (SSSR count). The zero-order chi connectivity index (χ0) is 17.7. The van der Waals surface area contributed by atoms with Crippen molar-refractivity contribution in [2.75, 3.05) is 19.7 Å². The molecule has 132 valence electrons. The first kappa shape index (κ1) is 18.3. The van der Waals surface area contributed by atoms with Gasteiger partial charge in [-0.2, -0.15) is 0 Å². The van der Waals surface area contributed by atoms with Gasteiger partial charge in [-0.1, -0.05) is 39.0 Å². The van der Waals surface area contributed by atoms with Crippen molar-refractivity contribution in [3.8, 4) is 5.75 Å². The summed E-state index contributed by atoms with van der Waals surface area (Å²) in [7, 11) is 0. The maximum absolute atomic E-state index is 12.7. The van der Waals surface area contributed by atoms with E-state index in [0.717, 1.165) is 5.56 Å². The van der Waals surface area contributed by atoms with Crippen LogP contribution in [0.5, 0.6) is 5.75 Å². The maximum atomic E-state index is 12.7. The van der Waals surface area contributed by atoms with E-state index >= 15 is 0 Å². The van der Waals surface area contributed by atoms with Crippen molar-refractivity contribution in [3.05, 3.63) is 29.8 Å². The highest BCUT2D eigenvalue weighted by Gasteiger charge is 2.33. The molecule has 1 N–H and O–H groups in total. The molecule has 6 nitrogen and oxygen atoms in total. The maximum Gasteiger partial charge on any atom is 0.334 e. The second-order valence-corrected chi connectivity index (χ2v) is 6.19. The second kappa shape index (κ2) is 8.15. The van der Waals surface area contributed by atoms with Crippen LogP contribution in [-0.2, 0) is 14.3 Å². The molecular formula is C18H25NO5. The van der Waals surface area contributed by atoms with Crippen molar-refractivity contribution < 1.29 is 24.2 Å². The predicted molar refractivity (Wildman–Crippen MR) is 89.2 cm³/mol. The van der Waals surface area contributed by atoms with Gasteiger partial charge in [-0.3, -0.25) is 4.79 Å². The Morgan fingerprint density at radius 1 is 1.38 bits per heavy atom. The number of aliphatic carboxylic acids is 1. The lowest BCUT2D eigenvalue weighted by Crippen LogP contribution is -2.52. The lowest BCUT2D eigenvalue weighted by Gasteiger charge is -2.33. The van der Waals surface area contributed by atoms with Crippen molar-refractivity contribution in [1.29, 1.82) is 0 Å². The number of carboxylic acid groups (broad SMARTS) is 1. The number of ether oxygens (including phenoxy) is 2. The number of morpholine rings is 1. The van der Waals surface area contributed by atoms with Crippen LogP contribution < -0.4 is 4.74 Å². The van der Waals surface area contributed by atoms with Gasteiger partial charge in [0.2, 0.25) is 0 Å². The van der Waals surface area contributed by atoms with Crippen LogP contribution >= 0.6 is 0 Å². The Hall–Kier alpha value is -2.08. The average molecular weight is 335 g/mol. The van der Waals surface area contributed by atoms with Gasteiger partial charge in [0.25, 0.3) is 5.91 Å². The molecule has 1 saturated heterocycles. The first-order valence-corrected chi connectivity index (χ1v) is 8.32. The Bertz CT molecular complexity index is 587. The van der Waals surface area contributed by atoms with E-state index in [1.54, 1.807) is 0 Å². The summed E-state index contributed by atoms with van der Waals surface area (Å²) < 4.78 is 11.2. The van der Waals surface area contributed by atoms with Gasteiger partial charge in [0.15, 0.2) is 12.2 Å². The topological polar surface area (TPSA) is 76.1 Å². The molecule has 2 atom stereocenters. The number of benzene rings is 1. The molecule has 0 radical (unpaired) electrons. The number of nitrogens with zero attached hydrogens (tertiary/aromatic N) is 1. The number of hydrogen-bond acceptors (Lipinski definition) is 4. The smallest absolute Gasteiger partial charge is 0.334 e. The highest BCUT2D eigenvalue weighted by atomic mass is 16.5. The fraction of sp³-hybridized carbons (Fsp3) is 0.556. The van der Waals surface area contributed by atoms with Gasteiger partial charge in [0.05, 0.1) is 13.2 Å². The van der Waals surface area contributed by atoms with Crippen molar-refractivity contribution in [1.82, 2.24) is 4.90 Å². The van der Waals surface area contributed by atoms with E-state index in [0.29, 0.717) is 18.7 Å². The Morgan fingerprint density at radius 3 is 2.71 bits per heavy atom. The lowest BCUT2D eigenvalue weighted by molar-refractivity contribution is -0.161. The van der Waals surface area contributed by atoms with Crippen molar-refractivity contribution >= 4 is 11.9 Å². The monoisotopic (exact) mass is 335 g/mol. The first-order chi connectivity index (χ1) is 11.4. The standard InChI is InChI=1S/C18H25NO5/c1-4-14(24-15-8-6-5-7-13(15)12(2)3)17(20)19-9-10-23-16(11-19)18(21)22/h5-8,12,14,16H,4,9-11H2,1-3H3,(H,21,22)/t14-,16-/m1/s1. The van der Waals surface area contributed by atoms with Crippen LogP contribution in [0.4, 0.5) is 0 Å². The van der Waals surface area contributed by atoms with Crippen molar-refractivity contribution in [2.45, 2.75) is 45.3 Å². The molecule has 1 fully saturated rings. The molecule has 1 amide bonds. The fourth-order valence-electron chi connectivity index (χ4n) is 2.73. The van der Waals surface area contributed by atoms with Gasteiger partial charge in [-0.15, -0.1) is 0 Å². The summed E-state index contributed by atoms with van der Waals surface area (Å²) in [5.41, 5.74) is 1.05. The molecule has 6 heteroatoms. The molecule has 1 aromatic carbocycles. The number of carbonyl (C=O) groups excluding carboxylic acids is 1. The van der Waals surface area contributed by atoms with Gasteiger partial charge in [-0.25, -0.2) is 4.79 Å². The van der Waals surface area contributed by atoms with E-state index in [1.165, 1.54) is 4.90 Å². The van der Waals surface area contributed by atoms with Crippen molar-refractivity contribution in [3.63, 3.8) is 0 Å². The van der Waals surface area contributed by atoms with Crippen LogP contribution in [0.3, 0.4) is 0 Å². The normalized spacial score (nSPS) is 19.2. The van der Waals surface area contributed by atoms with E-state index < -0.39 is 18.2 Å². The van der Waals surface area contributed by atoms with E-state index in [9.17, 15) is 9.59 Å². The average Bonchev–Trinajstić information content (AvgIpc) is 2.59. The minimum absolute atomic E-state index is 0.0554. The lowest BCUT2D eigenvalue weighted by atomic mass is 10.0.